The molecule has 0 bridgehead atoms. The fraction of sp³-hybridized carbons (Fsp3) is 0.243. The molecular weight excluding hydrogens is 514 g/mol. The Balaban J connectivity index is 1.36. The van der Waals surface area contributed by atoms with Crippen molar-refractivity contribution in [2.75, 3.05) is 23.5 Å². The van der Waals surface area contributed by atoms with Gasteiger partial charge in [-0.05, 0) is 65.1 Å². The predicted molar refractivity (Wildman–Crippen MR) is 175 cm³/mol. The van der Waals surface area contributed by atoms with Crippen molar-refractivity contribution in [1.29, 1.82) is 0 Å². The van der Waals surface area contributed by atoms with Gasteiger partial charge in [-0.1, -0.05) is 77.1 Å². The van der Waals surface area contributed by atoms with Crippen molar-refractivity contribution in [3.8, 4) is 5.82 Å². The van der Waals surface area contributed by atoms with Gasteiger partial charge in [-0.2, -0.15) is 0 Å². The highest BCUT2D eigenvalue weighted by atomic mass is 15.4. The SMILES string of the molecule is CN1CN(c2ccnc(C(C)(C)c3ccc4c5ccccc5n(-c5cc(C(C)(C)C)ccn5)c4c3)c2)c2ccccc21. The zero-order valence-electron chi connectivity index (χ0n) is 25.3. The molecule has 0 saturated heterocycles. The van der Waals surface area contributed by atoms with E-state index in [1.54, 1.807) is 0 Å². The molecule has 0 fully saturated rings. The minimum absolute atomic E-state index is 0.0327. The number of pyridine rings is 2. The fourth-order valence-corrected chi connectivity index (χ4v) is 6.29. The Hall–Kier alpha value is -4.64. The monoisotopic (exact) mass is 551 g/mol. The third-order valence-electron chi connectivity index (χ3n) is 8.87. The van der Waals surface area contributed by atoms with E-state index in [1.165, 1.54) is 33.3 Å². The lowest BCUT2D eigenvalue weighted by molar-refractivity contribution is 0.588. The maximum absolute atomic E-state index is 4.92. The molecule has 0 amide bonds. The molecule has 5 heteroatoms. The summed E-state index contributed by atoms with van der Waals surface area (Å²) in [6, 6.07) is 32.8. The van der Waals surface area contributed by atoms with Gasteiger partial charge in [0.1, 0.15) is 5.82 Å². The molecule has 0 spiro atoms. The topological polar surface area (TPSA) is 37.2 Å². The molecule has 4 heterocycles. The van der Waals surface area contributed by atoms with Crippen LogP contribution in [0.1, 0.15) is 51.4 Å². The molecule has 42 heavy (non-hydrogen) atoms. The molecule has 6 aromatic rings. The van der Waals surface area contributed by atoms with Gasteiger partial charge in [-0.3, -0.25) is 9.55 Å². The summed E-state index contributed by atoms with van der Waals surface area (Å²) in [4.78, 5) is 14.4. The summed E-state index contributed by atoms with van der Waals surface area (Å²) >= 11 is 0. The third kappa shape index (κ3) is 4.14. The van der Waals surface area contributed by atoms with Crippen LogP contribution in [0.25, 0.3) is 27.6 Å². The first-order chi connectivity index (χ1) is 20.1. The number of hydrogen-bond acceptors (Lipinski definition) is 4. The molecule has 0 radical (unpaired) electrons. The summed E-state index contributed by atoms with van der Waals surface area (Å²) in [7, 11) is 2.14. The van der Waals surface area contributed by atoms with Crippen LogP contribution in [-0.2, 0) is 10.8 Å². The highest BCUT2D eigenvalue weighted by molar-refractivity contribution is 6.09. The van der Waals surface area contributed by atoms with Gasteiger partial charge < -0.3 is 9.80 Å². The van der Waals surface area contributed by atoms with E-state index < -0.39 is 0 Å². The lowest BCUT2D eigenvalue weighted by Crippen LogP contribution is -2.25. The molecule has 3 aromatic carbocycles. The molecule has 0 unspecified atom stereocenters. The Morgan fingerprint density at radius 1 is 0.643 bits per heavy atom. The van der Waals surface area contributed by atoms with E-state index in [0.29, 0.717) is 0 Å². The van der Waals surface area contributed by atoms with Crippen LogP contribution in [0, 0.1) is 0 Å². The van der Waals surface area contributed by atoms with Crippen molar-refractivity contribution in [1.82, 2.24) is 14.5 Å². The Morgan fingerprint density at radius 3 is 2.17 bits per heavy atom. The Kier molecular flexibility index (Phi) is 5.91. The van der Waals surface area contributed by atoms with Crippen molar-refractivity contribution in [2.45, 2.75) is 45.4 Å². The lowest BCUT2D eigenvalue weighted by Gasteiger charge is -2.27. The Bertz CT molecular complexity index is 1960. The van der Waals surface area contributed by atoms with Crippen LogP contribution in [0.3, 0.4) is 0 Å². The van der Waals surface area contributed by atoms with E-state index in [2.05, 4.69) is 147 Å². The van der Waals surface area contributed by atoms with E-state index in [9.17, 15) is 0 Å². The second-order valence-corrected chi connectivity index (χ2v) is 13.0. The molecule has 0 N–H and O–H groups in total. The largest absolute Gasteiger partial charge is 0.355 e. The van der Waals surface area contributed by atoms with E-state index in [-0.39, 0.29) is 10.8 Å². The van der Waals surface area contributed by atoms with Crippen LogP contribution in [-0.4, -0.2) is 28.3 Å². The summed E-state index contributed by atoms with van der Waals surface area (Å²) in [5, 5.41) is 2.46. The molecule has 210 valence electrons. The quantitative estimate of drug-likeness (QED) is 0.220. The van der Waals surface area contributed by atoms with Gasteiger partial charge >= 0.3 is 0 Å². The van der Waals surface area contributed by atoms with Gasteiger partial charge in [-0.25, -0.2) is 4.98 Å². The normalized spacial score (nSPS) is 13.8. The number of nitrogens with zero attached hydrogens (tertiary/aromatic N) is 5. The number of fused-ring (bicyclic) bond motifs is 4. The number of aromatic nitrogens is 3. The summed E-state index contributed by atoms with van der Waals surface area (Å²) in [6.07, 6.45) is 3.89. The van der Waals surface area contributed by atoms with Crippen molar-refractivity contribution in [3.05, 3.63) is 120 Å². The van der Waals surface area contributed by atoms with Crippen LogP contribution in [0.4, 0.5) is 17.1 Å². The number of para-hydroxylation sites is 3. The average molecular weight is 552 g/mol. The zero-order chi connectivity index (χ0) is 29.2. The fourth-order valence-electron chi connectivity index (χ4n) is 6.29. The molecule has 0 atom stereocenters. The van der Waals surface area contributed by atoms with Gasteiger partial charge in [0.05, 0.1) is 34.8 Å². The van der Waals surface area contributed by atoms with Crippen molar-refractivity contribution < 1.29 is 0 Å². The number of hydrogen-bond donors (Lipinski definition) is 0. The highest BCUT2D eigenvalue weighted by Gasteiger charge is 2.29. The second-order valence-electron chi connectivity index (χ2n) is 13.0. The van der Waals surface area contributed by atoms with Gasteiger partial charge in [0, 0.05) is 41.3 Å². The van der Waals surface area contributed by atoms with Gasteiger partial charge in [0.2, 0.25) is 0 Å². The predicted octanol–water partition coefficient (Wildman–Crippen LogP) is 8.74. The maximum atomic E-state index is 4.92. The second kappa shape index (κ2) is 9.45. The molecule has 0 saturated carbocycles. The molecular formula is C37H37N5. The molecule has 1 aliphatic rings. The molecule has 1 aliphatic heterocycles. The Morgan fingerprint density at radius 2 is 1.36 bits per heavy atom. The zero-order valence-corrected chi connectivity index (χ0v) is 25.3. The third-order valence-corrected chi connectivity index (χ3v) is 8.87. The Labute approximate surface area is 248 Å². The van der Waals surface area contributed by atoms with Crippen LogP contribution < -0.4 is 9.80 Å². The van der Waals surface area contributed by atoms with E-state index in [4.69, 9.17) is 9.97 Å². The highest BCUT2D eigenvalue weighted by Crippen LogP contribution is 2.42. The van der Waals surface area contributed by atoms with Gasteiger partial charge in [0.25, 0.3) is 0 Å². The van der Waals surface area contributed by atoms with Gasteiger partial charge in [-0.15, -0.1) is 0 Å². The van der Waals surface area contributed by atoms with Crippen molar-refractivity contribution in [2.24, 2.45) is 0 Å². The smallest absolute Gasteiger partial charge is 0.137 e. The standard InChI is InChI=1S/C37H37N5/c1-36(2,3)25-17-19-39-35(22-25)42-30-12-8-7-11-28(30)29-16-15-26(21-33(29)42)37(4,5)34-23-27(18-20-38-34)41-24-40(6)31-13-9-10-14-32(31)41/h7-23H,24H2,1-6H3. The minimum atomic E-state index is -0.322. The maximum Gasteiger partial charge on any atom is 0.137 e. The van der Waals surface area contributed by atoms with Crippen molar-refractivity contribution >= 4 is 38.9 Å². The van der Waals surface area contributed by atoms with Crippen LogP contribution >= 0.6 is 0 Å². The van der Waals surface area contributed by atoms with E-state index >= 15 is 0 Å². The van der Waals surface area contributed by atoms with Gasteiger partial charge in [0.15, 0.2) is 0 Å². The number of benzene rings is 3. The van der Waals surface area contributed by atoms with Crippen LogP contribution in [0.2, 0.25) is 0 Å². The summed E-state index contributed by atoms with van der Waals surface area (Å²) < 4.78 is 2.32. The first-order valence-corrected chi connectivity index (χ1v) is 14.7. The van der Waals surface area contributed by atoms with E-state index in [1.807, 2.05) is 12.4 Å². The van der Waals surface area contributed by atoms with Crippen molar-refractivity contribution in [3.63, 3.8) is 0 Å². The molecule has 3 aromatic heterocycles. The average Bonchev–Trinajstić information content (AvgIpc) is 3.51. The van der Waals surface area contributed by atoms with E-state index in [0.717, 1.165) is 34.9 Å². The summed E-state index contributed by atoms with van der Waals surface area (Å²) in [5.41, 5.74) is 9.19. The number of rotatable bonds is 4. The molecule has 5 nitrogen and oxygen atoms in total. The number of anilines is 3. The summed E-state index contributed by atoms with van der Waals surface area (Å²) in [6.45, 7) is 12.1. The van der Waals surface area contributed by atoms with Crippen LogP contribution in [0.5, 0.6) is 0 Å². The first kappa shape index (κ1) is 26.3. The lowest BCUT2D eigenvalue weighted by atomic mass is 9.80. The molecule has 7 rings (SSSR count). The minimum Gasteiger partial charge on any atom is -0.355 e. The molecule has 0 aliphatic carbocycles. The van der Waals surface area contributed by atoms with Crippen LogP contribution in [0.15, 0.2) is 103 Å². The summed E-state index contributed by atoms with van der Waals surface area (Å²) in [5.74, 6) is 0.945. The first-order valence-electron chi connectivity index (χ1n) is 14.7.